The van der Waals surface area contributed by atoms with Gasteiger partial charge in [-0.05, 0) is 49.4 Å². The van der Waals surface area contributed by atoms with E-state index < -0.39 is 0 Å². The Kier molecular flexibility index (Phi) is 4.29. The molecule has 1 aliphatic rings. The molecule has 4 rings (SSSR count). The van der Waals surface area contributed by atoms with Gasteiger partial charge in [-0.1, -0.05) is 43.3 Å². The van der Waals surface area contributed by atoms with Crippen LogP contribution in [0.1, 0.15) is 30.5 Å². The average Bonchev–Trinajstić information content (AvgIpc) is 2.99. The maximum atomic E-state index is 4.76. The van der Waals surface area contributed by atoms with E-state index in [0.29, 0.717) is 12.0 Å². The van der Waals surface area contributed by atoms with Crippen LogP contribution in [0.4, 0.5) is 23.1 Å². The third-order valence-electron chi connectivity index (χ3n) is 4.96. The SMILES string of the molecule is CCc1cccc(C)c1Nc1cnnc(N2c3ccccc3CC2C)n1. The molecule has 5 heteroatoms. The van der Waals surface area contributed by atoms with Gasteiger partial charge in [0.1, 0.15) is 0 Å². The number of aromatic nitrogens is 3. The van der Waals surface area contributed by atoms with E-state index in [2.05, 4.69) is 83.6 Å². The van der Waals surface area contributed by atoms with Crippen molar-refractivity contribution < 1.29 is 0 Å². The molecule has 26 heavy (non-hydrogen) atoms. The van der Waals surface area contributed by atoms with Gasteiger partial charge < -0.3 is 10.2 Å². The van der Waals surface area contributed by atoms with Crippen LogP contribution in [0.15, 0.2) is 48.7 Å². The van der Waals surface area contributed by atoms with Gasteiger partial charge in [0.2, 0.25) is 0 Å². The summed E-state index contributed by atoms with van der Waals surface area (Å²) in [7, 11) is 0. The number of aryl methyl sites for hydroxylation is 2. The first-order valence-electron chi connectivity index (χ1n) is 9.09. The standard InChI is InChI=1S/C21H23N5/c1-4-16-10-7-8-14(2)20(16)23-19-13-22-25-21(24-19)26-15(3)12-17-9-5-6-11-18(17)26/h5-11,13,15H,4,12H2,1-3H3,(H,23,24,25). The Hall–Kier alpha value is -2.95. The monoisotopic (exact) mass is 345 g/mol. The van der Waals surface area contributed by atoms with Gasteiger partial charge in [0, 0.05) is 17.4 Å². The summed E-state index contributed by atoms with van der Waals surface area (Å²) >= 11 is 0. The minimum absolute atomic E-state index is 0.314. The van der Waals surface area contributed by atoms with E-state index in [1.807, 2.05) is 0 Å². The minimum atomic E-state index is 0.314. The molecule has 0 fully saturated rings. The number of rotatable bonds is 4. The summed E-state index contributed by atoms with van der Waals surface area (Å²) in [6, 6.07) is 15.1. The highest BCUT2D eigenvalue weighted by molar-refractivity contribution is 5.69. The molecule has 2 aromatic carbocycles. The van der Waals surface area contributed by atoms with Crippen LogP contribution in [0, 0.1) is 6.92 Å². The Labute approximate surface area is 154 Å². The molecule has 0 saturated carbocycles. The molecule has 1 N–H and O–H groups in total. The molecule has 1 aromatic heterocycles. The molecule has 1 atom stereocenters. The fourth-order valence-corrected chi connectivity index (χ4v) is 3.66. The number of nitrogens with zero attached hydrogens (tertiary/aromatic N) is 4. The molecule has 3 aromatic rings. The van der Waals surface area contributed by atoms with Crippen LogP contribution in [0.2, 0.25) is 0 Å². The van der Waals surface area contributed by atoms with Crippen LogP contribution in [0.5, 0.6) is 0 Å². The van der Waals surface area contributed by atoms with Crippen molar-refractivity contribution in [1.29, 1.82) is 0 Å². The van der Waals surface area contributed by atoms with Gasteiger partial charge in [-0.15, -0.1) is 5.10 Å². The van der Waals surface area contributed by atoms with E-state index in [9.17, 15) is 0 Å². The van der Waals surface area contributed by atoms with E-state index in [4.69, 9.17) is 4.98 Å². The summed E-state index contributed by atoms with van der Waals surface area (Å²) in [6.45, 7) is 6.46. The van der Waals surface area contributed by atoms with Gasteiger partial charge >= 0.3 is 0 Å². The predicted octanol–water partition coefficient (Wildman–Crippen LogP) is 4.57. The summed E-state index contributed by atoms with van der Waals surface area (Å²) < 4.78 is 0. The number of hydrogen-bond donors (Lipinski definition) is 1. The Morgan fingerprint density at radius 2 is 2.00 bits per heavy atom. The van der Waals surface area contributed by atoms with Crippen molar-refractivity contribution in [3.63, 3.8) is 0 Å². The zero-order valence-corrected chi connectivity index (χ0v) is 15.4. The Balaban J connectivity index is 1.69. The van der Waals surface area contributed by atoms with E-state index in [1.165, 1.54) is 22.4 Å². The average molecular weight is 345 g/mol. The Bertz CT molecular complexity index is 937. The van der Waals surface area contributed by atoms with Crippen molar-refractivity contribution in [3.05, 3.63) is 65.4 Å². The van der Waals surface area contributed by atoms with Crippen molar-refractivity contribution in [3.8, 4) is 0 Å². The smallest absolute Gasteiger partial charge is 0.252 e. The third-order valence-corrected chi connectivity index (χ3v) is 4.96. The van der Waals surface area contributed by atoms with E-state index in [1.54, 1.807) is 6.20 Å². The van der Waals surface area contributed by atoms with Crippen LogP contribution in [-0.4, -0.2) is 21.2 Å². The summed E-state index contributed by atoms with van der Waals surface area (Å²) in [6.07, 6.45) is 3.64. The van der Waals surface area contributed by atoms with Gasteiger partial charge in [-0.3, -0.25) is 0 Å². The quantitative estimate of drug-likeness (QED) is 0.751. The highest BCUT2D eigenvalue weighted by Crippen LogP contribution is 2.36. The molecule has 1 unspecified atom stereocenters. The maximum Gasteiger partial charge on any atom is 0.252 e. The van der Waals surface area contributed by atoms with Crippen LogP contribution in [-0.2, 0) is 12.8 Å². The third kappa shape index (κ3) is 2.90. The van der Waals surface area contributed by atoms with Crippen molar-refractivity contribution in [2.75, 3.05) is 10.2 Å². The van der Waals surface area contributed by atoms with Crippen molar-refractivity contribution in [1.82, 2.24) is 15.2 Å². The minimum Gasteiger partial charge on any atom is -0.338 e. The van der Waals surface area contributed by atoms with E-state index >= 15 is 0 Å². The normalized spacial score (nSPS) is 15.8. The first-order valence-corrected chi connectivity index (χ1v) is 9.09. The fraction of sp³-hybridized carbons (Fsp3) is 0.286. The van der Waals surface area contributed by atoms with E-state index in [-0.39, 0.29) is 0 Å². The summed E-state index contributed by atoms with van der Waals surface area (Å²) in [4.78, 5) is 6.93. The van der Waals surface area contributed by atoms with Gasteiger partial charge in [0.25, 0.3) is 5.95 Å². The van der Waals surface area contributed by atoms with Crippen LogP contribution in [0.25, 0.3) is 0 Å². The fourth-order valence-electron chi connectivity index (χ4n) is 3.66. The van der Waals surface area contributed by atoms with Gasteiger partial charge in [-0.25, -0.2) is 0 Å². The van der Waals surface area contributed by atoms with Crippen molar-refractivity contribution in [2.24, 2.45) is 0 Å². The molecular formula is C21H23N5. The Morgan fingerprint density at radius 3 is 2.85 bits per heavy atom. The van der Waals surface area contributed by atoms with Crippen LogP contribution >= 0.6 is 0 Å². The molecular weight excluding hydrogens is 322 g/mol. The van der Waals surface area contributed by atoms with Crippen molar-refractivity contribution in [2.45, 2.75) is 39.7 Å². The zero-order valence-electron chi connectivity index (χ0n) is 15.4. The van der Waals surface area contributed by atoms with Crippen LogP contribution in [0.3, 0.4) is 0 Å². The van der Waals surface area contributed by atoms with Gasteiger partial charge in [0.15, 0.2) is 5.82 Å². The summed E-state index contributed by atoms with van der Waals surface area (Å²) in [5.74, 6) is 1.36. The summed E-state index contributed by atoms with van der Waals surface area (Å²) in [5, 5.41) is 12.0. The second-order valence-corrected chi connectivity index (χ2v) is 6.78. The van der Waals surface area contributed by atoms with Gasteiger partial charge in [-0.2, -0.15) is 10.1 Å². The lowest BCUT2D eigenvalue weighted by Crippen LogP contribution is -2.26. The summed E-state index contributed by atoms with van der Waals surface area (Å²) in [5.41, 5.74) is 6.07. The predicted molar refractivity (Wildman–Crippen MR) is 105 cm³/mol. The molecule has 132 valence electrons. The number of hydrogen-bond acceptors (Lipinski definition) is 5. The molecule has 0 saturated heterocycles. The van der Waals surface area contributed by atoms with Gasteiger partial charge in [0.05, 0.1) is 6.20 Å². The molecule has 5 nitrogen and oxygen atoms in total. The topological polar surface area (TPSA) is 53.9 Å². The second-order valence-electron chi connectivity index (χ2n) is 6.78. The lowest BCUT2D eigenvalue weighted by Gasteiger charge is -2.22. The first kappa shape index (κ1) is 16.5. The first-order chi connectivity index (χ1) is 12.7. The molecule has 0 spiro atoms. The largest absolute Gasteiger partial charge is 0.338 e. The second kappa shape index (κ2) is 6.75. The molecule has 1 aliphatic heterocycles. The van der Waals surface area contributed by atoms with Crippen molar-refractivity contribution >= 4 is 23.1 Å². The molecule has 0 radical (unpaired) electrons. The number of fused-ring (bicyclic) bond motifs is 1. The molecule has 0 bridgehead atoms. The number of nitrogens with one attached hydrogen (secondary N) is 1. The highest BCUT2D eigenvalue weighted by atomic mass is 15.4. The maximum absolute atomic E-state index is 4.76. The number of para-hydroxylation sites is 2. The molecule has 0 amide bonds. The lowest BCUT2D eigenvalue weighted by atomic mass is 10.1. The number of benzene rings is 2. The highest BCUT2D eigenvalue weighted by Gasteiger charge is 2.29. The number of anilines is 4. The molecule has 0 aliphatic carbocycles. The van der Waals surface area contributed by atoms with Crippen LogP contribution < -0.4 is 10.2 Å². The Morgan fingerprint density at radius 1 is 1.15 bits per heavy atom. The zero-order chi connectivity index (χ0) is 18.1. The molecule has 2 heterocycles. The van der Waals surface area contributed by atoms with E-state index in [0.717, 1.165) is 24.3 Å². The lowest BCUT2D eigenvalue weighted by molar-refractivity contribution is 0.730.